The van der Waals surface area contributed by atoms with Gasteiger partial charge in [0.05, 0.1) is 4.92 Å². The van der Waals surface area contributed by atoms with Gasteiger partial charge in [-0.2, -0.15) is 0 Å². The molecule has 3 aliphatic heterocycles. The molecule has 0 aromatic heterocycles. The highest BCUT2D eigenvalue weighted by atomic mass is 16.6. The third-order valence-corrected chi connectivity index (χ3v) is 6.48. The molecule has 1 unspecified atom stereocenters. The normalized spacial score (nSPS) is 23.0. The smallest absolute Gasteiger partial charge is 0.272 e. The maximum Gasteiger partial charge on any atom is 0.272 e. The Hall–Kier alpha value is -3.52. The monoisotopic (exact) mass is 418 g/mol. The van der Waals surface area contributed by atoms with Crippen molar-refractivity contribution >= 4 is 23.1 Å². The van der Waals surface area contributed by atoms with Crippen molar-refractivity contribution in [3.8, 4) is 0 Å². The molecule has 3 aliphatic rings. The van der Waals surface area contributed by atoms with Gasteiger partial charge in [-0.15, -0.1) is 0 Å². The van der Waals surface area contributed by atoms with Crippen molar-refractivity contribution in [1.29, 1.82) is 0 Å². The number of amides is 2. The first-order valence-corrected chi connectivity index (χ1v) is 10.5. The molecule has 158 valence electrons. The summed E-state index contributed by atoms with van der Waals surface area (Å²) in [4.78, 5) is 41.3. The van der Waals surface area contributed by atoms with Crippen molar-refractivity contribution < 1.29 is 14.5 Å². The summed E-state index contributed by atoms with van der Waals surface area (Å²) in [5.74, 6) is -0.534. The lowest BCUT2D eigenvalue weighted by molar-refractivity contribution is -0.384. The first-order valence-electron chi connectivity index (χ1n) is 10.5. The second-order valence-corrected chi connectivity index (χ2v) is 8.09. The van der Waals surface area contributed by atoms with E-state index in [2.05, 4.69) is 10.2 Å². The molecule has 8 nitrogen and oxygen atoms in total. The predicted molar refractivity (Wildman–Crippen MR) is 114 cm³/mol. The van der Waals surface area contributed by atoms with Crippen LogP contribution in [0.5, 0.6) is 0 Å². The standard InChI is InChI=1S/C23H22N4O4/c28-21(17-6-2-1-3-7-17)24-20-19(16-8-10-18(11-9-16)27(30)31)23-12-4-13-25(23)14-5-15-26(23)22(20)29/h1-3,6-11H,4-5,12-15H2,(H,24,28). The number of hydrogen-bond acceptors (Lipinski definition) is 5. The number of nitro groups is 1. The molecule has 8 heteroatoms. The van der Waals surface area contributed by atoms with Crippen molar-refractivity contribution in [2.24, 2.45) is 0 Å². The average Bonchev–Trinajstić information content (AvgIpc) is 3.32. The highest BCUT2D eigenvalue weighted by Crippen LogP contribution is 2.51. The Morgan fingerprint density at radius 3 is 2.42 bits per heavy atom. The van der Waals surface area contributed by atoms with Crippen LogP contribution in [0.3, 0.4) is 0 Å². The molecular formula is C23H22N4O4. The maximum atomic E-state index is 13.5. The number of rotatable bonds is 4. The van der Waals surface area contributed by atoms with E-state index in [9.17, 15) is 19.7 Å². The second kappa shape index (κ2) is 7.31. The van der Waals surface area contributed by atoms with Crippen LogP contribution in [0.1, 0.15) is 35.2 Å². The van der Waals surface area contributed by atoms with Crippen LogP contribution in [-0.4, -0.2) is 51.8 Å². The molecule has 2 aromatic carbocycles. The summed E-state index contributed by atoms with van der Waals surface area (Å²) in [6.45, 7) is 2.37. The Bertz CT molecular complexity index is 1100. The molecule has 0 aliphatic carbocycles. The minimum Gasteiger partial charge on any atom is -0.317 e. The van der Waals surface area contributed by atoms with Crippen molar-refractivity contribution in [1.82, 2.24) is 15.1 Å². The van der Waals surface area contributed by atoms with Crippen LogP contribution in [0.4, 0.5) is 5.69 Å². The Morgan fingerprint density at radius 2 is 1.71 bits per heavy atom. The van der Waals surface area contributed by atoms with Gasteiger partial charge in [-0.3, -0.25) is 24.6 Å². The van der Waals surface area contributed by atoms with Gasteiger partial charge in [-0.1, -0.05) is 18.2 Å². The molecule has 1 atom stereocenters. The largest absolute Gasteiger partial charge is 0.317 e. The maximum absolute atomic E-state index is 13.5. The molecule has 1 spiro atoms. The molecule has 3 heterocycles. The number of nitrogens with zero attached hydrogens (tertiary/aromatic N) is 3. The van der Waals surface area contributed by atoms with Gasteiger partial charge in [-0.05, 0) is 49.1 Å². The Kier molecular flexibility index (Phi) is 4.59. The zero-order valence-corrected chi connectivity index (χ0v) is 16.9. The summed E-state index contributed by atoms with van der Waals surface area (Å²) in [5, 5.41) is 14.0. The van der Waals surface area contributed by atoms with E-state index in [-0.39, 0.29) is 23.2 Å². The summed E-state index contributed by atoms with van der Waals surface area (Å²) in [7, 11) is 0. The van der Waals surface area contributed by atoms with Crippen LogP contribution in [0.25, 0.3) is 5.57 Å². The minimum atomic E-state index is -0.606. The fourth-order valence-electron chi connectivity index (χ4n) is 5.21. The lowest BCUT2D eigenvalue weighted by Crippen LogP contribution is -2.60. The summed E-state index contributed by atoms with van der Waals surface area (Å²) in [6.07, 6.45) is 2.59. The summed E-state index contributed by atoms with van der Waals surface area (Å²) >= 11 is 0. The number of benzene rings is 2. The zero-order chi connectivity index (χ0) is 21.6. The van der Waals surface area contributed by atoms with Crippen molar-refractivity contribution in [3.05, 3.63) is 81.5 Å². The Balaban J connectivity index is 1.65. The number of nitro benzene ring substituents is 1. The van der Waals surface area contributed by atoms with Crippen molar-refractivity contribution in [2.75, 3.05) is 19.6 Å². The van der Waals surface area contributed by atoms with Crippen LogP contribution in [0.15, 0.2) is 60.3 Å². The van der Waals surface area contributed by atoms with E-state index in [1.165, 1.54) is 12.1 Å². The zero-order valence-electron chi connectivity index (χ0n) is 16.9. The SMILES string of the molecule is O=C(NC1=C(c2ccc([N+](=O)[O-])cc2)C23CCCN2CCCN3C1=O)c1ccccc1. The van der Waals surface area contributed by atoms with Gasteiger partial charge >= 0.3 is 0 Å². The van der Waals surface area contributed by atoms with E-state index < -0.39 is 10.6 Å². The predicted octanol–water partition coefficient (Wildman–Crippen LogP) is 2.77. The fraction of sp³-hybridized carbons (Fsp3) is 0.304. The molecule has 31 heavy (non-hydrogen) atoms. The van der Waals surface area contributed by atoms with E-state index in [0.29, 0.717) is 12.1 Å². The summed E-state index contributed by atoms with van der Waals surface area (Å²) in [6, 6.07) is 15.0. The minimum absolute atomic E-state index is 0.00942. The first-order chi connectivity index (χ1) is 15.0. The Labute approximate surface area is 179 Å². The van der Waals surface area contributed by atoms with Crippen molar-refractivity contribution in [2.45, 2.75) is 24.9 Å². The van der Waals surface area contributed by atoms with Gasteiger partial charge in [0.25, 0.3) is 17.5 Å². The lowest BCUT2D eigenvalue weighted by atomic mass is 9.89. The molecular weight excluding hydrogens is 396 g/mol. The molecule has 1 N–H and O–H groups in total. The van der Waals surface area contributed by atoms with Gasteiger partial charge in [0.15, 0.2) is 0 Å². The third kappa shape index (κ3) is 2.94. The topological polar surface area (TPSA) is 95.8 Å². The fourth-order valence-corrected chi connectivity index (χ4v) is 5.21. The number of non-ortho nitro benzene ring substituents is 1. The highest BCUT2D eigenvalue weighted by Gasteiger charge is 2.58. The molecule has 2 fully saturated rings. The van der Waals surface area contributed by atoms with Gasteiger partial charge in [-0.25, -0.2) is 0 Å². The summed E-state index contributed by atoms with van der Waals surface area (Å²) in [5.41, 5.74) is 1.59. The van der Waals surface area contributed by atoms with E-state index in [4.69, 9.17) is 0 Å². The third-order valence-electron chi connectivity index (χ3n) is 6.48. The van der Waals surface area contributed by atoms with Gasteiger partial charge in [0, 0.05) is 42.9 Å². The van der Waals surface area contributed by atoms with Gasteiger partial charge in [0.1, 0.15) is 11.4 Å². The van der Waals surface area contributed by atoms with Crippen LogP contribution < -0.4 is 5.32 Å². The second-order valence-electron chi connectivity index (χ2n) is 8.09. The molecule has 2 saturated heterocycles. The number of nitrogens with one attached hydrogen (secondary N) is 1. The number of carbonyl (C=O) groups is 2. The molecule has 0 saturated carbocycles. The van der Waals surface area contributed by atoms with Gasteiger partial charge < -0.3 is 10.2 Å². The van der Waals surface area contributed by atoms with E-state index in [0.717, 1.165) is 43.5 Å². The van der Waals surface area contributed by atoms with Crippen LogP contribution >= 0.6 is 0 Å². The molecule has 0 radical (unpaired) electrons. The lowest BCUT2D eigenvalue weighted by Gasteiger charge is -2.48. The van der Waals surface area contributed by atoms with Gasteiger partial charge in [0.2, 0.25) is 0 Å². The number of carbonyl (C=O) groups excluding carboxylic acids is 2. The molecule has 5 rings (SSSR count). The van der Waals surface area contributed by atoms with E-state index >= 15 is 0 Å². The quantitative estimate of drug-likeness (QED) is 0.609. The average molecular weight is 418 g/mol. The molecule has 2 aromatic rings. The van der Waals surface area contributed by atoms with E-state index in [1.54, 1.807) is 36.4 Å². The molecule has 2 amide bonds. The van der Waals surface area contributed by atoms with Crippen LogP contribution in [0.2, 0.25) is 0 Å². The van der Waals surface area contributed by atoms with Crippen LogP contribution in [-0.2, 0) is 4.79 Å². The van der Waals surface area contributed by atoms with Crippen LogP contribution in [0, 0.1) is 10.1 Å². The van der Waals surface area contributed by atoms with Crippen molar-refractivity contribution in [3.63, 3.8) is 0 Å². The number of hydrogen-bond donors (Lipinski definition) is 1. The highest BCUT2D eigenvalue weighted by molar-refractivity contribution is 6.12. The van der Waals surface area contributed by atoms with E-state index in [1.807, 2.05) is 11.0 Å². The summed E-state index contributed by atoms with van der Waals surface area (Å²) < 4.78 is 0. The molecule has 0 bridgehead atoms. The first kappa shape index (κ1) is 19.4. The Morgan fingerprint density at radius 1 is 1.00 bits per heavy atom.